The van der Waals surface area contributed by atoms with Crippen molar-refractivity contribution in [1.82, 2.24) is 9.88 Å². The molecule has 1 aromatic carbocycles. The van der Waals surface area contributed by atoms with E-state index in [1.54, 1.807) is 30.6 Å². The van der Waals surface area contributed by atoms with Crippen LogP contribution >= 0.6 is 0 Å². The van der Waals surface area contributed by atoms with Gasteiger partial charge in [0.2, 0.25) is 0 Å². The monoisotopic (exact) mass is 383 g/mol. The molecule has 1 aromatic heterocycles. The highest BCUT2D eigenvalue weighted by atomic mass is 16.6. The minimum Gasteiger partial charge on any atom is -0.495 e. The van der Waals surface area contributed by atoms with E-state index in [1.165, 1.54) is 31.4 Å². The summed E-state index contributed by atoms with van der Waals surface area (Å²) in [6.07, 6.45) is 1.31. The van der Waals surface area contributed by atoms with E-state index in [0.29, 0.717) is 28.4 Å². The molecule has 0 aliphatic rings. The number of carbonyl (C=O) groups is 2. The smallest absolute Gasteiger partial charge is 0.319 e. The fourth-order valence-corrected chi connectivity index (χ4v) is 2.75. The van der Waals surface area contributed by atoms with Crippen molar-refractivity contribution in [2.75, 3.05) is 7.11 Å². The number of hydrogen-bond acceptors (Lipinski definition) is 6. The van der Waals surface area contributed by atoms with Crippen molar-refractivity contribution in [3.63, 3.8) is 0 Å². The maximum Gasteiger partial charge on any atom is 0.319 e. The van der Waals surface area contributed by atoms with Crippen LogP contribution in [-0.2, 0) is 4.79 Å². The van der Waals surface area contributed by atoms with E-state index in [1.807, 2.05) is 5.32 Å². The number of benzene rings is 1. The predicted octanol–water partition coefficient (Wildman–Crippen LogP) is 2.11. The van der Waals surface area contributed by atoms with Gasteiger partial charge < -0.3 is 15.0 Å². The molecule has 0 saturated carbocycles. The van der Waals surface area contributed by atoms with Crippen molar-refractivity contribution in [2.24, 2.45) is 5.73 Å². The van der Waals surface area contributed by atoms with Crippen molar-refractivity contribution in [3.05, 3.63) is 56.9 Å². The number of hydrogen-bond donors (Lipinski definition) is 2. The molecule has 2 rings (SSSR count). The lowest BCUT2D eigenvalue weighted by molar-refractivity contribution is -0.384. The molecule has 1 heterocycles. The van der Waals surface area contributed by atoms with E-state index in [4.69, 9.17) is 10.5 Å². The third-order valence-corrected chi connectivity index (χ3v) is 3.99. The molecule has 0 unspecified atom stereocenters. The van der Waals surface area contributed by atoms with E-state index in [9.17, 15) is 25.0 Å². The highest BCUT2D eigenvalue weighted by Gasteiger charge is 2.19. The quantitative estimate of drug-likeness (QED) is 0.349. The Morgan fingerprint density at radius 1 is 1.36 bits per heavy atom. The van der Waals surface area contributed by atoms with Crippen LogP contribution in [0.15, 0.2) is 29.8 Å². The molecule has 0 aliphatic heterocycles. The number of ether oxygens (including phenoxy) is 1. The SMILES string of the molecule is COc1ccc([N+](=O)[O-])cc1-n1c(C)cc(/C=C(/C#N)C(=O)NC(N)=O)c1C. The number of imide groups is 1. The molecule has 0 saturated heterocycles. The van der Waals surface area contributed by atoms with Crippen molar-refractivity contribution in [2.45, 2.75) is 13.8 Å². The number of aromatic nitrogens is 1. The maximum atomic E-state index is 11.9. The molecule has 144 valence electrons. The number of nitro benzene ring substituents is 1. The van der Waals surface area contributed by atoms with Crippen LogP contribution in [0.25, 0.3) is 11.8 Å². The summed E-state index contributed by atoms with van der Waals surface area (Å²) in [6.45, 7) is 3.48. The molecule has 0 radical (unpaired) electrons. The van der Waals surface area contributed by atoms with Gasteiger partial charge in [-0.3, -0.25) is 20.2 Å². The Bertz CT molecular complexity index is 1050. The number of methoxy groups -OCH3 is 1. The Morgan fingerprint density at radius 2 is 2.04 bits per heavy atom. The average Bonchev–Trinajstić information content (AvgIpc) is 2.91. The number of carbonyl (C=O) groups excluding carboxylic acids is 2. The van der Waals surface area contributed by atoms with Gasteiger partial charge in [0.1, 0.15) is 17.4 Å². The average molecular weight is 383 g/mol. The first-order chi connectivity index (χ1) is 13.2. The summed E-state index contributed by atoms with van der Waals surface area (Å²) < 4.78 is 7.02. The highest BCUT2D eigenvalue weighted by Crippen LogP contribution is 2.32. The zero-order valence-electron chi connectivity index (χ0n) is 15.3. The first kappa shape index (κ1) is 20.2. The second kappa shape index (κ2) is 8.05. The molecule has 3 amide bonds. The second-order valence-electron chi connectivity index (χ2n) is 5.76. The van der Waals surface area contributed by atoms with Crippen LogP contribution in [0.5, 0.6) is 5.75 Å². The minimum absolute atomic E-state index is 0.112. The third kappa shape index (κ3) is 3.99. The number of nitrogens with two attached hydrogens (primary N) is 1. The number of amides is 3. The van der Waals surface area contributed by atoms with Crippen molar-refractivity contribution in [3.8, 4) is 17.5 Å². The van der Waals surface area contributed by atoms with Crippen molar-refractivity contribution < 1.29 is 19.2 Å². The van der Waals surface area contributed by atoms with Gasteiger partial charge in [0.25, 0.3) is 11.6 Å². The van der Waals surface area contributed by atoms with Crippen LogP contribution in [0.1, 0.15) is 17.0 Å². The molecule has 0 spiro atoms. The molecule has 28 heavy (non-hydrogen) atoms. The molecule has 0 fully saturated rings. The summed E-state index contributed by atoms with van der Waals surface area (Å²) in [5.74, 6) is -0.511. The lowest BCUT2D eigenvalue weighted by atomic mass is 10.1. The van der Waals surface area contributed by atoms with Gasteiger partial charge in [-0.05, 0) is 37.6 Å². The highest BCUT2D eigenvalue weighted by molar-refractivity contribution is 6.08. The first-order valence-electron chi connectivity index (χ1n) is 7.94. The van der Waals surface area contributed by atoms with E-state index in [2.05, 4.69) is 0 Å². The second-order valence-corrected chi connectivity index (χ2v) is 5.76. The summed E-state index contributed by atoms with van der Waals surface area (Å²) in [5.41, 5.74) is 6.73. The standard InChI is InChI=1S/C18H17N5O5/c1-10-6-12(7-13(9-19)17(24)21-18(20)25)11(2)22(10)15-8-14(23(26)27)4-5-16(15)28-3/h4-8H,1-3H3,(H3,20,21,24,25)/b13-7-. The van der Waals surface area contributed by atoms with Crippen LogP contribution in [0.2, 0.25) is 0 Å². The Morgan fingerprint density at radius 3 is 2.57 bits per heavy atom. The largest absolute Gasteiger partial charge is 0.495 e. The van der Waals surface area contributed by atoms with Gasteiger partial charge in [0.15, 0.2) is 0 Å². The fraction of sp³-hybridized carbons (Fsp3) is 0.167. The fourth-order valence-electron chi connectivity index (χ4n) is 2.75. The van der Waals surface area contributed by atoms with Crippen LogP contribution in [0.3, 0.4) is 0 Å². The number of aryl methyl sites for hydroxylation is 1. The third-order valence-electron chi connectivity index (χ3n) is 3.99. The van der Waals surface area contributed by atoms with Crippen molar-refractivity contribution in [1.29, 1.82) is 5.26 Å². The van der Waals surface area contributed by atoms with Crippen molar-refractivity contribution >= 4 is 23.7 Å². The van der Waals surface area contributed by atoms with Gasteiger partial charge >= 0.3 is 6.03 Å². The number of primary amides is 1. The maximum absolute atomic E-state index is 11.9. The first-order valence-corrected chi connectivity index (χ1v) is 7.94. The Hall–Kier alpha value is -4.13. The zero-order chi connectivity index (χ0) is 21.0. The van der Waals surface area contributed by atoms with E-state index >= 15 is 0 Å². The van der Waals surface area contributed by atoms with Gasteiger partial charge in [-0.2, -0.15) is 5.26 Å². The Balaban J connectivity index is 2.62. The summed E-state index contributed by atoms with van der Waals surface area (Å²) in [5, 5.41) is 22.2. The van der Waals surface area contributed by atoms with Gasteiger partial charge in [0, 0.05) is 23.5 Å². The summed E-state index contributed by atoms with van der Waals surface area (Å²) >= 11 is 0. The minimum atomic E-state index is -1.07. The van der Waals surface area contributed by atoms with Gasteiger partial charge in [-0.1, -0.05) is 0 Å². The topological polar surface area (TPSA) is 153 Å². The number of rotatable bonds is 5. The number of urea groups is 1. The number of nitriles is 1. The normalized spacial score (nSPS) is 10.9. The van der Waals surface area contributed by atoms with E-state index in [0.717, 1.165) is 0 Å². The van der Waals surface area contributed by atoms with E-state index in [-0.39, 0.29) is 11.3 Å². The zero-order valence-corrected chi connectivity index (χ0v) is 15.3. The molecule has 3 N–H and O–H groups in total. The lowest BCUT2D eigenvalue weighted by Gasteiger charge is -2.13. The van der Waals surface area contributed by atoms with Crippen LogP contribution in [0, 0.1) is 35.3 Å². The van der Waals surface area contributed by atoms with Gasteiger partial charge in [-0.15, -0.1) is 0 Å². The molecule has 2 aromatic rings. The van der Waals surface area contributed by atoms with Crippen LogP contribution in [-0.4, -0.2) is 28.5 Å². The molecule has 0 bridgehead atoms. The lowest BCUT2D eigenvalue weighted by Crippen LogP contribution is -2.35. The number of nitrogens with zero attached hydrogens (tertiary/aromatic N) is 3. The molecule has 0 aliphatic carbocycles. The number of nitro groups is 1. The van der Waals surface area contributed by atoms with Crippen LogP contribution < -0.4 is 15.8 Å². The summed E-state index contributed by atoms with van der Waals surface area (Å²) in [6, 6.07) is 6.54. The Labute approximate surface area is 160 Å². The molecule has 10 heteroatoms. The molecule has 0 atom stereocenters. The summed E-state index contributed by atoms with van der Waals surface area (Å²) in [4.78, 5) is 33.3. The number of nitrogens with one attached hydrogen (secondary N) is 1. The summed E-state index contributed by atoms with van der Waals surface area (Å²) in [7, 11) is 1.45. The molecule has 10 nitrogen and oxygen atoms in total. The predicted molar refractivity (Wildman–Crippen MR) is 99.8 cm³/mol. The molecular weight excluding hydrogens is 366 g/mol. The Kier molecular flexibility index (Phi) is 5.80. The van der Waals surface area contributed by atoms with Crippen LogP contribution in [0.4, 0.5) is 10.5 Å². The van der Waals surface area contributed by atoms with E-state index < -0.39 is 16.9 Å². The number of non-ortho nitro benzene ring substituents is 1. The van der Waals surface area contributed by atoms with Gasteiger partial charge in [-0.25, -0.2) is 4.79 Å². The molecular formula is C18H17N5O5. The van der Waals surface area contributed by atoms with Gasteiger partial charge in [0.05, 0.1) is 17.7 Å².